The largest absolute Gasteiger partial charge is 0.463 e. The number of carbonyl (C=O) groups is 1. The van der Waals surface area contributed by atoms with Crippen molar-refractivity contribution >= 4 is 58.4 Å². The fourth-order valence-corrected chi connectivity index (χ4v) is 11.5. The first-order chi connectivity index (χ1) is 21.7. The van der Waals surface area contributed by atoms with Crippen molar-refractivity contribution in [1.82, 2.24) is 0 Å². The van der Waals surface area contributed by atoms with Gasteiger partial charge in [-0.3, -0.25) is 0 Å². The predicted octanol–water partition coefficient (Wildman–Crippen LogP) is 6.52. The van der Waals surface area contributed by atoms with E-state index in [1.165, 1.54) is 15.9 Å². The Bertz CT molecular complexity index is 1560. The minimum absolute atomic E-state index is 0.271. The highest BCUT2D eigenvalue weighted by Gasteiger charge is 2.27. The highest BCUT2D eigenvalue weighted by Crippen LogP contribution is 2.43. The maximum atomic E-state index is 12.5. The van der Waals surface area contributed by atoms with E-state index in [0.717, 1.165) is 15.9 Å². The molecule has 2 nitrogen and oxygen atoms in total. The molecule has 6 aromatic rings. The van der Waals surface area contributed by atoms with E-state index in [2.05, 4.69) is 127 Å². The fraction of sp³-hybridized carbons (Fsp3) is 0.0500. The number of esters is 1. The van der Waals surface area contributed by atoms with E-state index >= 15 is 0 Å². The molecule has 0 saturated heterocycles. The lowest BCUT2D eigenvalue weighted by Gasteiger charge is -2.28. The summed E-state index contributed by atoms with van der Waals surface area (Å²) >= 11 is 0. The Labute approximate surface area is 262 Å². The topological polar surface area (TPSA) is 26.3 Å². The molecule has 0 saturated carbocycles. The number of rotatable bonds is 8. The molecule has 0 radical (unpaired) electrons. The van der Waals surface area contributed by atoms with Gasteiger partial charge >= 0.3 is 5.97 Å². The Morgan fingerprint density at radius 2 is 0.773 bits per heavy atom. The van der Waals surface area contributed by atoms with Crippen LogP contribution in [0.5, 0.6) is 0 Å². The van der Waals surface area contributed by atoms with E-state index in [4.69, 9.17) is 4.74 Å². The molecule has 4 heteroatoms. The van der Waals surface area contributed by atoms with Gasteiger partial charge in [0.15, 0.2) is 0 Å². The van der Waals surface area contributed by atoms with Gasteiger partial charge < -0.3 is 4.74 Å². The van der Waals surface area contributed by atoms with Crippen LogP contribution in [-0.2, 0) is 9.53 Å². The standard InChI is InChI=1S/C22H21O2P.C18H15P/c1-2-24-22(23)18-25(19-12-6-3-7-13-19,20-14-8-4-9-15-20)21-16-10-5-11-17-21;1-4-10-16(11-5-1)19(17-12-6-2-7-13-17)18-14-8-3-9-15-18/h3-18H,2H2,1H3;1-15H/p+1. The molecule has 6 aromatic carbocycles. The van der Waals surface area contributed by atoms with Crippen molar-refractivity contribution < 1.29 is 9.53 Å². The second kappa shape index (κ2) is 15.8. The summed E-state index contributed by atoms with van der Waals surface area (Å²) in [4.78, 5) is 12.5. The summed E-state index contributed by atoms with van der Waals surface area (Å²) in [7, 11) is -0.877. The molecule has 0 aliphatic heterocycles. The van der Waals surface area contributed by atoms with Crippen LogP contribution in [0.4, 0.5) is 0 Å². The molecule has 0 amide bonds. The van der Waals surface area contributed by atoms with Gasteiger partial charge in [0.25, 0.3) is 0 Å². The smallest absolute Gasteiger partial charge is 0.331 e. The minimum Gasteiger partial charge on any atom is -0.463 e. The van der Waals surface area contributed by atoms with E-state index in [1.54, 1.807) is 5.80 Å². The summed E-state index contributed by atoms with van der Waals surface area (Å²) in [6.07, 6.45) is 0. The first kappa shape index (κ1) is 31.0. The first-order valence-corrected chi connectivity index (χ1v) is 18.2. The SMILES string of the molecule is CCOC(=O)C=P(c1ccccc1)(c1ccccc1)c1ccccc1.c1ccc([PH+](c2ccccc2)c2ccccc2)cc1. The van der Waals surface area contributed by atoms with Crippen molar-refractivity contribution in [2.75, 3.05) is 6.61 Å². The van der Waals surface area contributed by atoms with Crippen LogP contribution in [0.1, 0.15) is 6.92 Å². The minimum atomic E-state index is -2.24. The number of benzene rings is 6. The molecule has 0 unspecified atom stereocenters. The van der Waals surface area contributed by atoms with E-state index < -0.39 is 14.8 Å². The molecule has 0 aliphatic rings. The van der Waals surface area contributed by atoms with Crippen LogP contribution in [0.15, 0.2) is 182 Å². The molecule has 44 heavy (non-hydrogen) atoms. The highest BCUT2D eigenvalue weighted by atomic mass is 31.2. The summed E-state index contributed by atoms with van der Waals surface area (Å²) in [6, 6.07) is 63.2. The zero-order valence-corrected chi connectivity index (χ0v) is 26.8. The highest BCUT2D eigenvalue weighted by molar-refractivity contribution is 7.95. The van der Waals surface area contributed by atoms with Crippen molar-refractivity contribution in [3.8, 4) is 0 Å². The zero-order chi connectivity index (χ0) is 30.5. The summed E-state index contributed by atoms with van der Waals surface area (Å²) < 4.78 is 5.30. The van der Waals surface area contributed by atoms with Gasteiger partial charge in [-0.15, -0.1) is 0 Å². The van der Waals surface area contributed by atoms with Crippen LogP contribution in [0.3, 0.4) is 0 Å². The van der Waals surface area contributed by atoms with Gasteiger partial charge in [0.05, 0.1) is 14.5 Å². The Balaban J connectivity index is 0.000000181. The third kappa shape index (κ3) is 7.53. The van der Waals surface area contributed by atoms with Gasteiger partial charge in [-0.05, 0) is 66.1 Å². The van der Waals surface area contributed by atoms with Gasteiger partial charge in [-0.1, -0.05) is 146 Å². The Morgan fingerprint density at radius 1 is 0.500 bits per heavy atom. The predicted molar refractivity (Wildman–Crippen MR) is 194 cm³/mol. The van der Waals surface area contributed by atoms with Crippen LogP contribution in [0, 0.1) is 0 Å². The first-order valence-electron chi connectivity index (χ1n) is 14.8. The van der Waals surface area contributed by atoms with Gasteiger partial charge in [0.2, 0.25) is 0 Å². The maximum Gasteiger partial charge on any atom is 0.331 e. The molecule has 0 bridgehead atoms. The lowest BCUT2D eigenvalue weighted by atomic mass is 10.4. The number of hydrogen-bond donors (Lipinski definition) is 0. The second-order valence-corrected chi connectivity index (χ2v) is 15.8. The normalized spacial score (nSPS) is 10.8. The van der Waals surface area contributed by atoms with E-state index in [0.29, 0.717) is 6.61 Å². The lowest BCUT2D eigenvalue weighted by molar-refractivity contribution is -0.134. The third-order valence-electron chi connectivity index (χ3n) is 7.26. The van der Waals surface area contributed by atoms with Crippen LogP contribution in [-0.4, -0.2) is 18.4 Å². The molecule has 0 fully saturated rings. The Morgan fingerprint density at radius 3 is 1.05 bits per heavy atom. The van der Waals surface area contributed by atoms with Crippen molar-refractivity contribution in [2.45, 2.75) is 6.92 Å². The monoisotopic (exact) mass is 611 g/mol. The van der Waals surface area contributed by atoms with Gasteiger partial charge in [-0.25, -0.2) is 4.79 Å². The number of carbonyl (C=O) groups excluding carboxylic acids is 1. The maximum absolute atomic E-state index is 12.5. The second-order valence-electron chi connectivity index (χ2n) is 10.1. The summed E-state index contributed by atoms with van der Waals surface area (Å²) in [6.45, 7) is -0.0371. The van der Waals surface area contributed by atoms with Crippen LogP contribution < -0.4 is 31.8 Å². The Hall–Kier alpha value is -4.48. The van der Waals surface area contributed by atoms with Crippen molar-refractivity contribution in [1.29, 1.82) is 0 Å². The van der Waals surface area contributed by atoms with Crippen LogP contribution >= 0.6 is 14.8 Å². The average Bonchev–Trinajstić information content (AvgIpc) is 3.10. The molecule has 0 spiro atoms. The fourth-order valence-electron chi connectivity index (χ4n) is 5.31. The molecule has 218 valence electrons. The third-order valence-corrected chi connectivity index (χ3v) is 13.9. The van der Waals surface area contributed by atoms with Crippen molar-refractivity contribution in [3.63, 3.8) is 0 Å². The number of ether oxygens (including phenoxy) is 1. The van der Waals surface area contributed by atoms with Crippen LogP contribution in [0.25, 0.3) is 0 Å². The van der Waals surface area contributed by atoms with Gasteiger partial charge in [0, 0.05) is 5.80 Å². The zero-order valence-electron chi connectivity index (χ0n) is 24.9. The van der Waals surface area contributed by atoms with Gasteiger partial charge in [-0.2, -0.15) is 0 Å². The van der Waals surface area contributed by atoms with E-state index in [1.807, 2.05) is 61.5 Å². The lowest BCUT2D eigenvalue weighted by Crippen LogP contribution is -2.29. The van der Waals surface area contributed by atoms with Crippen LogP contribution in [0.2, 0.25) is 0 Å². The van der Waals surface area contributed by atoms with Crippen molar-refractivity contribution in [2.24, 2.45) is 0 Å². The van der Waals surface area contributed by atoms with Crippen molar-refractivity contribution in [3.05, 3.63) is 182 Å². The van der Waals surface area contributed by atoms with E-state index in [-0.39, 0.29) is 5.97 Å². The van der Waals surface area contributed by atoms with Gasteiger partial charge in [0.1, 0.15) is 15.9 Å². The number of hydrogen-bond acceptors (Lipinski definition) is 2. The molecule has 6 rings (SSSR count). The molecule has 0 aromatic heterocycles. The molecule has 0 heterocycles. The summed E-state index contributed by atoms with van der Waals surface area (Å²) in [5, 5.41) is 7.72. The molecular weight excluding hydrogens is 574 g/mol. The molecule has 0 atom stereocenters. The average molecular weight is 612 g/mol. The molecule has 0 aliphatic carbocycles. The molecular formula is C40H37O2P2+. The molecule has 0 N–H and O–H groups in total. The van der Waals surface area contributed by atoms with E-state index in [9.17, 15) is 4.79 Å². The Kier molecular flexibility index (Phi) is 11.1. The summed E-state index contributed by atoms with van der Waals surface area (Å²) in [5.41, 5.74) is 0. The summed E-state index contributed by atoms with van der Waals surface area (Å²) in [5.74, 6) is 1.53. The quantitative estimate of drug-likeness (QED) is 0.145.